The van der Waals surface area contributed by atoms with E-state index >= 15 is 0 Å². The molecule has 0 bridgehead atoms. The Labute approximate surface area is 290 Å². The highest BCUT2D eigenvalue weighted by Crippen LogP contribution is 2.53. The maximum absolute atomic E-state index is 6.27. The van der Waals surface area contributed by atoms with Crippen LogP contribution in [0.3, 0.4) is 0 Å². The van der Waals surface area contributed by atoms with Crippen molar-refractivity contribution in [1.29, 1.82) is 0 Å². The third kappa shape index (κ3) is 4.44. The first-order valence-corrected chi connectivity index (χ1v) is 17.2. The Morgan fingerprint density at radius 1 is 0.440 bits per heavy atom. The van der Waals surface area contributed by atoms with Crippen molar-refractivity contribution in [3.63, 3.8) is 0 Å². The topological polar surface area (TPSA) is 38.9 Å². The van der Waals surface area contributed by atoms with E-state index in [4.69, 9.17) is 14.4 Å². The van der Waals surface area contributed by atoms with E-state index in [0.29, 0.717) is 5.82 Å². The monoisotopic (exact) mass is 640 g/mol. The Balaban J connectivity index is 1.14. The minimum atomic E-state index is -0.102. The molecule has 236 valence electrons. The lowest BCUT2D eigenvalue weighted by Crippen LogP contribution is -2.14. The quantitative estimate of drug-likeness (QED) is 0.192. The normalized spacial score (nSPS) is 13.2. The van der Waals surface area contributed by atoms with E-state index < -0.39 is 0 Å². The summed E-state index contributed by atoms with van der Waals surface area (Å²) < 4.78 is 6.27. The molecule has 0 unspecified atom stereocenters. The van der Waals surface area contributed by atoms with E-state index in [2.05, 4.69) is 135 Å². The van der Waals surface area contributed by atoms with Crippen LogP contribution in [0.4, 0.5) is 0 Å². The van der Waals surface area contributed by atoms with Gasteiger partial charge in [0.2, 0.25) is 0 Å². The fourth-order valence-corrected chi connectivity index (χ4v) is 7.90. The van der Waals surface area contributed by atoms with Crippen molar-refractivity contribution in [1.82, 2.24) is 9.97 Å². The summed E-state index contributed by atoms with van der Waals surface area (Å²) >= 11 is 0. The Kier molecular flexibility index (Phi) is 6.22. The Morgan fingerprint density at radius 2 is 1.10 bits per heavy atom. The van der Waals surface area contributed by atoms with Gasteiger partial charge in [0.05, 0.1) is 11.4 Å². The summed E-state index contributed by atoms with van der Waals surface area (Å²) in [6.45, 7) is 4.70. The van der Waals surface area contributed by atoms with Crippen molar-refractivity contribution in [3.05, 3.63) is 169 Å². The summed E-state index contributed by atoms with van der Waals surface area (Å²) in [5, 5.41) is 4.76. The molecule has 7 aromatic carbocycles. The van der Waals surface area contributed by atoms with Gasteiger partial charge in [0.15, 0.2) is 5.82 Å². The SMILES string of the molecule is CC1(C)c2cc3ccccc3cc2-c2c(-c3cccc(-c4cc(-c5ccc6c(c5)oc5ccccc56)nc(-c5ccccc5)n4)c3)cccc21. The molecule has 0 N–H and O–H groups in total. The van der Waals surface area contributed by atoms with Gasteiger partial charge in [-0.15, -0.1) is 0 Å². The van der Waals surface area contributed by atoms with Gasteiger partial charge in [0, 0.05) is 32.9 Å². The summed E-state index contributed by atoms with van der Waals surface area (Å²) in [4.78, 5) is 10.3. The highest BCUT2D eigenvalue weighted by molar-refractivity contribution is 6.06. The average Bonchev–Trinajstić information content (AvgIpc) is 3.65. The van der Waals surface area contributed by atoms with Crippen LogP contribution in [0.25, 0.3) is 88.9 Å². The highest BCUT2D eigenvalue weighted by atomic mass is 16.3. The zero-order chi connectivity index (χ0) is 33.4. The minimum Gasteiger partial charge on any atom is -0.456 e. The first kappa shape index (κ1) is 28.7. The third-order valence-electron chi connectivity index (χ3n) is 10.5. The largest absolute Gasteiger partial charge is 0.456 e. The molecule has 2 aromatic heterocycles. The first-order chi connectivity index (χ1) is 24.5. The summed E-state index contributed by atoms with van der Waals surface area (Å²) in [5.41, 5.74) is 14.2. The predicted molar refractivity (Wildman–Crippen MR) is 206 cm³/mol. The van der Waals surface area contributed by atoms with E-state index in [1.165, 1.54) is 44.2 Å². The van der Waals surface area contributed by atoms with Crippen LogP contribution in [-0.2, 0) is 5.41 Å². The molecule has 1 aliphatic carbocycles. The van der Waals surface area contributed by atoms with Crippen molar-refractivity contribution in [2.75, 3.05) is 0 Å². The van der Waals surface area contributed by atoms with Crippen molar-refractivity contribution < 1.29 is 4.42 Å². The molecule has 0 atom stereocenters. The Morgan fingerprint density at radius 3 is 1.94 bits per heavy atom. The van der Waals surface area contributed by atoms with Gasteiger partial charge in [-0.2, -0.15) is 0 Å². The molecule has 0 saturated heterocycles. The van der Waals surface area contributed by atoms with E-state index in [0.717, 1.165) is 50.0 Å². The zero-order valence-corrected chi connectivity index (χ0v) is 27.8. The lowest BCUT2D eigenvalue weighted by molar-refractivity contribution is 0.661. The summed E-state index contributed by atoms with van der Waals surface area (Å²) in [7, 11) is 0. The van der Waals surface area contributed by atoms with E-state index in [1.54, 1.807) is 0 Å². The van der Waals surface area contributed by atoms with Gasteiger partial charge in [0.1, 0.15) is 11.2 Å². The number of hydrogen-bond acceptors (Lipinski definition) is 3. The first-order valence-electron chi connectivity index (χ1n) is 17.2. The molecule has 0 spiro atoms. The highest BCUT2D eigenvalue weighted by Gasteiger charge is 2.37. The van der Waals surface area contributed by atoms with E-state index in [9.17, 15) is 0 Å². The van der Waals surface area contributed by atoms with Crippen LogP contribution in [0.1, 0.15) is 25.0 Å². The third-order valence-corrected chi connectivity index (χ3v) is 10.5. The van der Waals surface area contributed by atoms with Crippen molar-refractivity contribution in [3.8, 4) is 56.2 Å². The average molecular weight is 641 g/mol. The molecule has 2 heterocycles. The molecule has 0 fully saturated rings. The molecule has 0 radical (unpaired) electrons. The minimum absolute atomic E-state index is 0.102. The van der Waals surface area contributed by atoms with Gasteiger partial charge in [-0.25, -0.2) is 9.97 Å². The van der Waals surface area contributed by atoms with E-state index in [-0.39, 0.29) is 5.41 Å². The lowest BCUT2D eigenvalue weighted by Gasteiger charge is -2.22. The van der Waals surface area contributed by atoms with Crippen LogP contribution >= 0.6 is 0 Å². The van der Waals surface area contributed by atoms with Crippen LogP contribution in [0.5, 0.6) is 0 Å². The maximum Gasteiger partial charge on any atom is 0.160 e. The maximum atomic E-state index is 6.27. The van der Waals surface area contributed by atoms with Gasteiger partial charge in [-0.3, -0.25) is 0 Å². The molecule has 0 aliphatic heterocycles. The van der Waals surface area contributed by atoms with E-state index in [1.807, 2.05) is 36.4 Å². The van der Waals surface area contributed by atoms with Gasteiger partial charge in [-0.1, -0.05) is 129 Å². The molecule has 0 amide bonds. The number of aromatic nitrogens is 2. The van der Waals surface area contributed by atoms with Crippen LogP contribution in [0, 0.1) is 0 Å². The van der Waals surface area contributed by atoms with Gasteiger partial charge in [-0.05, 0) is 86.6 Å². The van der Waals surface area contributed by atoms with Gasteiger partial charge < -0.3 is 4.42 Å². The second-order valence-corrected chi connectivity index (χ2v) is 13.8. The number of furan rings is 1. The van der Waals surface area contributed by atoms with Gasteiger partial charge >= 0.3 is 0 Å². The summed E-state index contributed by atoms with van der Waals surface area (Å²) in [5.74, 6) is 0.691. The van der Waals surface area contributed by atoms with Crippen LogP contribution in [-0.4, -0.2) is 9.97 Å². The number of rotatable bonds is 4. The molecular weight excluding hydrogens is 609 g/mol. The summed E-state index contributed by atoms with van der Waals surface area (Å²) in [6.07, 6.45) is 0. The number of para-hydroxylation sites is 1. The van der Waals surface area contributed by atoms with Crippen LogP contribution in [0.15, 0.2) is 162 Å². The predicted octanol–water partition coefficient (Wildman–Crippen LogP) is 12.5. The molecular formula is C47H32N2O. The molecule has 1 aliphatic rings. The smallest absolute Gasteiger partial charge is 0.160 e. The second kappa shape index (κ2) is 10.8. The zero-order valence-electron chi connectivity index (χ0n) is 27.8. The fraction of sp³-hybridized carbons (Fsp3) is 0.0638. The van der Waals surface area contributed by atoms with Crippen molar-refractivity contribution >= 4 is 32.7 Å². The molecule has 50 heavy (non-hydrogen) atoms. The second-order valence-electron chi connectivity index (χ2n) is 13.8. The summed E-state index contributed by atoms with van der Waals surface area (Å²) in [6, 6.07) is 55.9. The number of benzene rings is 7. The molecule has 0 saturated carbocycles. The Bertz CT molecular complexity index is 2790. The van der Waals surface area contributed by atoms with Crippen molar-refractivity contribution in [2.24, 2.45) is 0 Å². The number of fused-ring (bicyclic) bond motifs is 7. The van der Waals surface area contributed by atoms with Gasteiger partial charge in [0.25, 0.3) is 0 Å². The lowest BCUT2D eigenvalue weighted by atomic mass is 9.81. The van der Waals surface area contributed by atoms with Crippen LogP contribution in [0.2, 0.25) is 0 Å². The number of hydrogen-bond donors (Lipinski definition) is 0. The standard InChI is InChI=1S/C47H32N2O/c1-47(2)39-20-11-19-35(45(39)38-25-30-14-6-7-15-31(30)26-40(38)47)32-16-10-17-33(24-32)41-28-42(49-46(48-41)29-12-4-3-5-13-29)34-22-23-37-36-18-8-9-21-43(36)50-44(37)27-34/h3-28H,1-2H3. The molecule has 3 heteroatoms. The number of nitrogens with zero attached hydrogens (tertiary/aromatic N) is 2. The van der Waals surface area contributed by atoms with Crippen LogP contribution < -0.4 is 0 Å². The van der Waals surface area contributed by atoms with Crippen molar-refractivity contribution in [2.45, 2.75) is 19.3 Å². The molecule has 3 nitrogen and oxygen atoms in total. The Hall–Kier alpha value is -6.32. The molecule has 10 rings (SSSR count). The fourth-order valence-electron chi connectivity index (χ4n) is 7.90. The molecule has 9 aromatic rings.